The fourth-order valence-electron chi connectivity index (χ4n) is 5.11. The number of carbonyl (C=O) groups excluding carboxylic acids is 2. The van der Waals surface area contributed by atoms with Gasteiger partial charge in [0.1, 0.15) is 24.6 Å². The molecule has 4 atom stereocenters. The van der Waals surface area contributed by atoms with Crippen molar-refractivity contribution in [1.82, 2.24) is 19.5 Å². The molecule has 2 aromatic heterocycles. The van der Waals surface area contributed by atoms with Crippen molar-refractivity contribution in [1.29, 1.82) is 0 Å². The smallest absolute Gasteiger partial charge is 0.167 e. The second-order valence-corrected chi connectivity index (χ2v) is 10.3. The predicted octanol–water partition coefficient (Wildman–Crippen LogP) is 3.99. The zero-order valence-electron chi connectivity index (χ0n) is 22.7. The van der Waals surface area contributed by atoms with E-state index in [1.807, 2.05) is 50.2 Å². The third-order valence-electron chi connectivity index (χ3n) is 7.17. The minimum absolute atomic E-state index is 0.162. The van der Waals surface area contributed by atoms with E-state index in [1.54, 1.807) is 6.92 Å². The largest absolute Gasteiger partial charge is 0.387 e. The molecule has 1 aliphatic heterocycles. The minimum atomic E-state index is -1.34. The van der Waals surface area contributed by atoms with E-state index in [2.05, 4.69) is 26.3 Å². The monoisotopic (exact) mass is 543 g/mol. The molecule has 0 spiro atoms. The molecule has 3 N–H and O–H groups in total. The highest BCUT2D eigenvalue weighted by molar-refractivity contribution is 5.96. The Kier molecular flexibility index (Phi) is 8.02. The Hall–Kier alpha value is -3.99. The van der Waals surface area contributed by atoms with Crippen LogP contribution < -0.4 is 5.32 Å². The Morgan fingerprint density at radius 3 is 2.42 bits per heavy atom. The zero-order chi connectivity index (χ0) is 28.4. The van der Waals surface area contributed by atoms with Gasteiger partial charge in [-0.3, -0.25) is 14.2 Å². The molecular weight excluding hydrogens is 510 g/mol. The van der Waals surface area contributed by atoms with E-state index in [0.29, 0.717) is 23.4 Å². The van der Waals surface area contributed by atoms with E-state index < -0.39 is 24.5 Å². The van der Waals surface area contributed by atoms with Gasteiger partial charge in [-0.1, -0.05) is 36.2 Å². The van der Waals surface area contributed by atoms with Crippen LogP contribution in [0.5, 0.6) is 0 Å². The number of hydrogen-bond donors (Lipinski definition) is 3. The highest BCUT2D eigenvalue weighted by Gasteiger charge is 2.47. The van der Waals surface area contributed by atoms with Gasteiger partial charge in [-0.15, -0.1) is 0 Å². The number of nitrogens with one attached hydrogen (secondary N) is 1. The van der Waals surface area contributed by atoms with E-state index in [4.69, 9.17) is 4.74 Å². The Morgan fingerprint density at radius 1 is 1.00 bits per heavy atom. The van der Waals surface area contributed by atoms with Gasteiger partial charge in [0.2, 0.25) is 0 Å². The lowest BCUT2D eigenvalue weighted by atomic mass is 9.99. The van der Waals surface area contributed by atoms with E-state index in [-0.39, 0.29) is 18.0 Å². The number of Topliss-reactive ketones (excluding diaryl/α,β-unsaturated/α-hetero) is 2. The molecule has 5 rings (SSSR count). The van der Waals surface area contributed by atoms with Crippen LogP contribution in [0.1, 0.15) is 59.5 Å². The summed E-state index contributed by atoms with van der Waals surface area (Å²) in [7, 11) is 0. The SMILES string of the molecule is CCC(=O)[C@H]1O[C@@H](n2cnc3c(Nc4ccc(CCCC(=O)c5cc(C)cc(C)c5)cc4)ncnc32)[C@@H](O)C1O. The number of aliphatic hydroxyl groups is 2. The summed E-state index contributed by atoms with van der Waals surface area (Å²) in [4.78, 5) is 37.8. The Balaban J connectivity index is 1.23. The molecule has 208 valence electrons. The number of fused-ring (bicyclic) bond motifs is 1. The summed E-state index contributed by atoms with van der Waals surface area (Å²) in [5.41, 5.74) is 5.73. The van der Waals surface area contributed by atoms with Crippen LogP contribution in [0.4, 0.5) is 11.5 Å². The number of nitrogens with zero attached hydrogens (tertiary/aromatic N) is 4. The summed E-state index contributed by atoms with van der Waals surface area (Å²) in [6, 6.07) is 13.8. The van der Waals surface area contributed by atoms with Gasteiger partial charge in [-0.05, 0) is 56.5 Å². The first-order valence-electron chi connectivity index (χ1n) is 13.4. The van der Waals surface area contributed by atoms with E-state index >= 15 is 0 Å². The number of ether oxygens (including phenoxy) is 1. The third kappa shape index (κ3) is 5.65. The quantitative estimate of drug-likeness (QED) is 0.253. The molecule has 1 saturated heterocycles. The lowest BCUT2D eigenvalue weighted by molar-refractivity contribution is -0.135. The van der Waals surface area contributed by atoms with Gasteiger partial charge in [-0.25, -0.2) is 15.0 Å². The number of aryl methyl sites for hydroxylation is 3. The number of anilines is 2. The number of carbonyl (C=O) groups is 2. The van der Waals surface area contributed by atoms with E-state index in [0.717, 1.165) is 40.8 Å². The van der Waals surface area contributed by atoms with Crippen LogP contribution in [0.2, 0.25) is 0 Å². The number of benzene rings is 2. The molecule has 4 aromatic rings. The fourth-order valence-corrected chi connectivity index (χ4v) is 5.11. The standard InChI is InChI=1S/C30H33N5O5/c1-4-22(36)27-25(38)26(39)30(40-27)35-16-33-24-28(31-15-32-29(24)35)34-21-10-8-19(9-11-21)6-5-7-23(37)20-13-17(2)12-18(3)14-20/h8-16,25-27,30,38-39H,4-7H2,1-3H3,(H,31,32,34)/t25?,26-,27+,30+/m0/s1. The molecule has 1 aliphatic rings. The van der Waals surface area contributed by atoms with Crippen LogP contribution in [0.15, 0.2) is 55.1 Å². The minimum Gasteiger partial charge on any atom is -0.387 e. The van der Waals surface area contributed by atoms with Gasteiger partial charge in [-0.2, -0.15) is 0 Å². The van der Waals surface area contributed by atoms with Gasteiger partial charge < -0.3 is 20.3 Å². The van der Waals surface area contributed by atoms with Crippen molar-refractivity contribution in [2.45, 2.75) is 71.0 Å². The second-order valence-electron chi connectivity index (χ2n) is 10.3. The zero-order valence-corrected chi connectivity index (χ0v) is 22.7. The summed E-state index contributed by atoms with van der Waals surface area (Å²) in [6.07, 6.45) is 0.288. The average Bonchev–Trinajstić information content (AvgIpc) is 3.50. The molecule has 0 amide bonds. The Labute approximate surface area is 232 Å². The van der Waals surface area contributed by atoms with Gasteiger partial charge in [0.15, 0.2) is 34.8 Å². The summed E-state index contributed by atoms with van der Waals surface area (Å²) in [5, 5.41) is 24.1. The number of imidazole rings is 1. The highest BCUT2D eigenvalue weighted by Crippen LogP contribution is 2.33. The molecule has 0 saturated carbocycles. The summed E-state index contributed by atoms with van der Waals surface area (Å²) in [6.45, 7) is 5.68. The molecular formula is C30H33N5O5. The molecule has 2 aromatic carbocycles. The van der Waals surface area contributed by atoms with Crippen LogP contribution in [0.25, 0.3) is 11.2 Å². The summed E-state index contributed by atoms with van der Waals surface area (Å²) < 4.78 is 7.22. The van der Waals surface area contributed by atoms with Crippen LogP contribution in [-0.2, 0) is 16.0 Å². The second kappa shape index (κ2) is 11.6. The first kappa shape index (κ1) is 27.6. The van der Waals surface area contributed by atoms with Crippen molar-refractivity contribution in [3.05, 3.63) is 77.4 Å². The van der Waals surface area contributed by atoms with Crippen LogP contribution in [0.3, 0.4) is 0 Å². The molecule has 0 radical (unpaired) electrons. The van der Waals surface area contributed by atoms with Crippen molar-refractivity contribution in [2.24, 2.45) is 0 Å². The number of aliphatic hydroxyl groups excluding tert-OH is 2. The van der Waals surface area contributed by atoms with Gasteiger partial charge in [0.05, 0.1) is 6.33 Å². The van der Waals surface area contributed by atoms with Crippen molar-refractivity contribution in [2.75, 3.05) is 5.32 Å². The topological polar surface area (TPSA) is 139 Å². The lowest BCUT2D eigenvalue weighted by Crippen LogP contribution is -2.35. The molecule has 0 aliphatic carbocycles. The summed E-state index contributed by atoms with van der Waals surface area (Å²) >= 11 is 0. The van der Waals surface area contributed by atoms with E-state index in [9.17, 15) is 19.8 Å². The van der Waals surface area contributed by atoms with Crippen LogP contribution >= 0.6 is 0 Å². The summed E-state index contributed by atoms with van der Waals surface area (Å²) in [5.74, 6) is 0.339. The van der Waals surface area contributed by atoms with Crippen molar-refractivity contribution >= 4 is 34.2 Å². The molecule has 1 fully saturated rings. The molecule has 3 heterocycles. The number of hydrogen-bond acceptors (Lipinski definition) is 9. The Morgan fingerprint density at radius 2 is 1.73 bits per heavy atom. The van der Waals surface area contributed by atoms with Crippen molar-refractivity contribution < 1.29 is 24.5 Å². The normalized spacial score (nSPS) is 20.6. The van der Waals surface area contributed by atoms with Crippen LogP contribution in [-0.4, -0.2) is 59.6 Å². The predicted molar refractivity (Wildman–Crippen MR) is 149 cm³/mol. The number of rotatable bonds is 10. The van der Waals surface area contributed by atoms with Gasteiger partial charge in [0.25, 0.3) is 0 Å². The van der Waals surface area contributed by atoms with E-state index in [1.165, 1.54) is 17.2 Å². The molecule has 0 bridgehead atoms. The molecule has 10 nitrogen and oxygen atoms in total. The fraction of sp³-hybridized carbons (Fsp3) is 0.367. The lowest BCUT2D eigenvalue weighted by Gasteiger charge is -2.16. The van der Waals surface area contributed by atoms with Crippen LogP contribution in [0, 0.1) is 13.8 Å². The Bertz CT molecular complexity index is 1510. The average molecular weight is 544 g/mol. The van der Waals surface area contributed by atoms with Gasteiger partial charge in [0, 0.05) is 24.1 Å². The molecule has 10 heteroatoms. The first-order valence-corrected chi connectivity index (χ1v) is 13.4. The first-order chi connectivity index (χ1) is 19.2. The number of aromatic nitrogens is 4. The maximum atomic E-state index is 12.6. The highest BCUT2D eigenvalue weighted by atomic mass is 16.6. The van der Waals surface area contributed by atoms with Crippen molar-refractivity contribution in [3.63, 3.8) is 0 Å². The van der Waals surface area contributed by atoms with Crippen molar-refractivity contribution in [3.8, 4) is 0 Å². The van der Waals surface area contributed by atoms with Gasteiger partial charge >= 0.3 is 0 Å². The number of ketones is 2. The molecule has 1 unspecified atom stereocenters. The molecule has 40 heavy (non-hydrogen) atoms. The maximum absolute atomic E-state index is 12.6. The maximum Gasteiger partial charge on any atom is 0.167 e. The third-order valence-corrected chi connectivity index (χ3v) is 7.17.